The van der Waals surface area contributed by atoms with Gasteiger partial charge in [-0.25, -0.2) is 4.98 Å². The molecule has 0 aliphatic carbocycles. The van der Waals surface area contributed by atoms with Crippen molar-refractivity contribution in [2.45, 2.75) is 52.1 Å². The van der Waals surface area contributed by atoms with Crippen molar-refractivity contribution in [2.75, 3.05) is 13.1 Å². The zero-order chi connectivity index (χ0) is 13.0. The summed E-state index contributed by atoms with van der Waals surface area (Å²) in [4.78, 5) is 7.23. The van der Waals surface area contributed by atoms with Crippen LogP contribution in [0.2, 0.25) is 0 Å². The Balaban J connectivity index is 0.00000180. The SMILES string of the molecule is CCCc1nc(CN2CCCC(C(C)N)C2)cs1.Cl.Cl. The predicted octanol–water partition coefficient (Wildman–Crippen LogP) is 3.50. The van der Waals surface area contributed by atoms with Crippen LogP contribution in [0.3, 0.4) is 0 Å². The van der Waals surface area contributed by atoms with Crippen LogP contribution in [0.1, 0.15) is 43.8 Å². The lowest BCUT2D eigenvalue weighted by Gasteiger charge is -2.34. The summed E-state index contributed by atoms with van der Waals surface area (Å²) in [5.41, 5.74) is 7.27. The van der Waals surface area contributed by atoms with Crippen LogP contribution in [0.15, 0.2) is 5.38 Å². The maximum atomic E-state index is 6.03. The molecule has 1 aromatic rings. The van der Waals surface area contributed by atoms with Gasteiger partial charge in [0.15, 0.2) is 0 Å². The number of hydrogen-bond donors (Lipinski definition) is 1. The van der Waals surface area contributed by atoms with Crippen LogP contribution in [0.4, 0.5) is 0 Å². The molecule has 118 valence electrons. The van der Waals surface area contributed by atoms with Crippen molar-refractivity contribution in [1.82, 2.24) is 9.88 Å². The van der Waals surface area contributed by atoms with E-state index in [9.17, 15) is 0 Å². The molecule has 2 heterocycles. The Morgan fingerprint density at radius 3 is 2.90 bits per heavy atom. The minimum atomic E-state index is 0. The van der Waals surface area contributed by atoms with Crippen molar-refractivity contribution in [2.24, 2.45) is 11.7 Å². The molecule has 1 aliphatic heterocycles. The number of aryl methyl sites for hydroxylation is 1. The van der Waals surface area contributed by atoms with Crippen LogP contribution >= 0.6 is 36.2 Å². The fourth-order valence-corrected chi connectivity index (χ4v) is 3.53. The van der Waals surface area contributed by atoms with Gasteiger partial charge in [0.05, 0.1) is 10.7 Å². The lowest BCUT2D eigenvalue weighted by atomic mass is 9.92. The van der Waals surface area contributed by atoms with E-state index in [1.807, 2.05) is 11.3 Å². The molecule has 0 saturated carbocycles. The van der Waals surface area contributed by atoms with Gasteiger partial charge in [-0.05, 0) is 45.1 Å². The molecule has 6 heteroatoms. The molecule has 1 saturated heterocycles. The first-order valence-electron chi connectivity index (χ1n) is 7.10. The number of likely N-dealkylation sites (tertiary alicyclic amines) is 1. The Morgan fingerprint density at radius 1 is 1.50 bits per heavy atom. The highest BCUT2D eigenvalue weighted by Gasteiger charge is 2.23. The third-order valence-corrected chi connectivity index (χ3v) is 4.69. The van der Waals surface area contributed by atoms with Crippen molar-refractivity contribution in [1.29, 1.82) is 0 Å². The highest BCUT2D eigenvalue weighted by Crippen LogP contribution is 2.21. The monoisotopic (exact) mass is 339 g/mol. The normalized spacial score (nSPS) is 20.9. The van der Waals surface area contributed by atoms with Gasteiger partial charge in [0.2, 0.25) is 0 Å². The average Bonchev–Trinajstić information content (AvgIpc) is 2.77. The highest BCUT2D eigenvalue weighted by atomic mass is 35.5. The molecule has 2 rings (SSSR count). The van der Waals surface area contributed by atoms with Gasteiger partial charge in [0, 0.05) is 24.5 Å². The Morgan fingerprint density at radius 2 is 2.25 bits per heavy atom. The molecule has 0 bridgehead atoms. The van der Waals surface area contributed by atoms with E-state index in [-0.39, 0.29) is 24.8 Å². The summed E-state index contributed by atoms with van der Waals surface area (Å²) in [7, 11) is 0. The summed E-state index contributed by atoms with van der Waals surface area (Å²) in [5.74, 6) is 0.660. The molecular formula is C14H27Cl2N3S. The molecule has 0 amide bonds. The summed E-state index contributed by atoms with van der Waals surface area (Å²) in [6.07, 6.45) is 4.86. The summed E-state index contributed by atoms with van der Waals surface area (Å²) < 4.78 is 0. The van der Waals surface area contributed by atoms with Gasteiger partial charge in [-0.2, -0.15) is 0 Å². The van der Waals surface area contributed by atoms with E-state index >= 15 is 0 Å². The number of rotatable bonds is 5. The molecular weight excluding hydrogens is 313 g/mol. The van der Waals surface area contributed by atoms with Crippen LogP contribution in [0.5, 0.6) is 0 Å². The second-order valence-corrected chi connectivity index (χ2v) is 6.42. The third kappa shape index (κ3) is 5.86. The van der Waals surface area contributed by atoms with E-state index in [0.717, 1.165) is 19.5 Å². The van der Waals surface area contributed by atoms with E-state index in [1.54, 1.807) is 0 Å². The topological polar surface area (TPSA) is 42.2 Å². The largest absolute Gasteiger partial charge is 0.328 e. The Bertz CT molecular complexity index is 371. The Labute approximate surface area is 139 Å². The Hall–Kier alpha value is 0.130. The van der Waals surface area contributed by atoms with Gasteiger partial charge < -0.3 is 5.73 Å². The van der Waals surface area contributed by atoms with Gasteiger partial charge in [-0.15, -0.1) is 36.2 Å². The average molecular weight is 340 g/mol. The van der Waals surface area contributed by atoms with Crippen LogP contribution in [-0.4, -0.2) is 29.0 Å². The summed E-state index contributed by atoms with van der Waals surface area (Å²) in [6, 6.07) is 0.318. The standard InChI is InChI=1S/C14H25N3S.2ClH/c1-3-5-14-16-13(10-18-14)9-17-7-4-6-12(8-17)11(2)15;;/h10-12H,3-9,15H2,1-2H3;2*1H. The molecule has 2 N–H and O–H groups in total. The fourth-order valence-electron chi connectivity index (χ4n) is 2.64. The van der Waals surface area contributed by atoms with Gasteiger partial charge in [0.25, 0.3) is 0 Å². The lowest BCUT2D eigenvalue weighted by Crippen LogP contribution is -2.41. The number of hydrogen-bond acceptors (Lipinski definition) is 4. The molecule has 1 aromatic heterocycles. The van der Waals surface area contributed by atoms with Gasteiger partial charge in [-0.3, -0.25) is 4.90 Å². The van der Waals surface area contributed by atoms with Crippen LogP contribution in [0, 0.1) is 5.92 Å². The molecule has 1 fully saturated rings. The maximum Gasteiger partial charge on any atom is 0.0928 e. The van der Waals surface area contributed by atoms with E-state index in [0.29, 0.717) is 12.0 Å². The molecule has 2 unspecified atom stereocenters. The highest BCUT2D eigenvalue weighted by molar-refractivity contribution is 7.09. The lowest BCUT2D eigenvalue weighted by molar-refractivity contribution is 0.153. The maximum absolute atomic E-state index is 6.03. The molecule has 1 aliphatic rings. The molecule has 2 atom stereocenters. The molecule has 3 nitrogen and oxygen atoms in total. The van der Waals surface area contributed by atoms with Crippen molar-refractivity contribution >= 4 is 36.2 Å². The zero-order valence-electron chi connectivity index (χ0n) is 12.4. The summed E-state index contributed by atoms with van der Waals surface area (Å²) >= 11 is 1.81. The first-order valence-corrected chi connectivity index (χ1v) is 7.98. The van der Waals surface area contributed by atoms with Crippen LogP contribution in [0.25, 0.3) is 0 Å². The van der Waals surface area contributed by atoms with Crippen LogP contribution in [-0.2, 0) is 13.0 Å². The van der Waals surface area contributed by atoms with E-state index in [2.05, 4.69) is 24.1 Å². The minimum Gasteiger partial charge on any atom is -0.328 e. The molecule has 20 heavy (non-hydrogen) atoms. The number of aromatic nitrogens is 1. The fraction of sp³-hybridized carbons (Fsp3) is 0.786. The number of thiazole rings is 1. The quantitative estimate of drug-likeness (QED) is 0.892. The number of halogens is 2. The Kier molecular flexibility index (Phi) is 10.0. The summed E-state index contributed by atoms with van der Waals surface area (Å²) in [6.45, 7) is 7.68. The van der Waals surface area contributed by atoms with Gasteiger partial charge in [0.1, 0.15) is 0 Å². The molecule has 0 spiro atoms. The zero-order valence-corrected chi connectivity index (χ0v) is 14.8. The van der Waals surface area contributed by atoms with Crippen molar-refractivity contribution in [3.63, 3.8) is 0 Å². The van der Waals surface area contributed by atoms with Gasteiger partial charge in [-0.1, -0.05) is 6.92 Å². The second-order valence-electron chi connectivity index (χ2n) is 5.48. The van der Waals surface area contributed by atoms with Gasteiger partial charge >= 0.3 is 0 Å². The van der Waals surface area contributed by atoms with Crippen molar-refractivity contribution in [3.05, 3.63) is 16.1 Å². The first-order chi connectivity index (χ1) is 8.69. The summed E-state index contributed by atoms with van der Waals surface area (Å²) in [5, 5.41) is 3.51. The molecule has 0 radical (unpaired) electrons. The molecule has 0 aromatic carbocycles. The second kappa shape index (κ2) is 9.96. The smallest absolute Gasteiger partial charge is 0.0928 e. The number of nitrogens with zero attached hydrogens (tertiary/aromatic N) is 2. The number of nitrogens with two attached hydrogens (primary N) is 1. The van der Waals surface area contributed by atoms with Crippen molar-refractivity contribution < 1.29 is 0 Å². The third-order valence-electron chi connectivity index (χ3n) is 3.73. The first kappa shape index (κ1) is 20.1. The van der Waals surface area contributed by atoms with Crippen molar-refractivity contribution in [3.8, 4) is 0 Å². The van der Waals surface area contributed by atoms with E-state index in [4.69, 9.17) is 10.7 Å². The number of piperidine rings is 1. The minimum absolute atomic E-state index is 0. The van der Waals surface area contributed by atoms with Crippen LogP contribution < -0.4 is 5.73 Å². The van der Waals surface area contributed by atoms with E-state index in [1.165, 1.54) is 36.5 Å². The predicted molar refractivity (Wildman–Crippen MR) is 92.3 cm³/mol. The van der Waals surface area contributed by atoms with E-state index < -0.39 is 0 Å².